The van der Waals surface area contributed by atoms with Gasteiger partial charge in [0.15, 0.2) is 0 Å². The molecule has 1 N–H and O–H groups in total. The summed E-state index contributed by atoms with van der Waals surface area (Å²) in [4.78, 5) is 0. The van der Waals surface area contributed by atoms with Crippen LogP contribution in [0.1, 0.15) is 58.4 Å². The van der Waals surface area contributed by atoms with Gasteiger partial charge in [0.25, 0.3) is 0 Å². The van der Waals surface area contributed by atoms with E-state index in [0.29, 0.717) is 17.0 Å². The van der Waals surface area contributed by atoms with Crippen LogP contribution in [-0.2, 0) is 6.42 Å². The van der Waals surface area contributed by atoms with Crippen LogP contribution in [0.15, 0.2) is 18.2 Å². The first kappa shape index (κ1) is 18.4. The van der Waals surface area contributed by atoms with Crippen LogP contribution in [-0.4, -0.2) is 12.6 Å². The Morgan fingerprint density at radius 1 is 1.19 bits per heavy atom. The van der Waals surface area contributed by atoms with Crippen molar-refractivity contribution in [3.05, 3.63) is 34.6 Å². The zero-order chi connectivity index (χ0) is 15.7. The van der Waals surface area contributed by atoms with E-state index in [1.807, 2.05) is 6.07 Å². The Labute approximate surface area is 134 Å². The van der Waals surface area contributed by atoms with Crippen molar-refractivity contribution in [3.63, 3.8) is 0 Å². The van der Waals surface area contributed by atoms with Crippen LogP contribution in [0.4, 0.5) is 4.39 Å². The fraction of sp³-hybridized carbons (Fsp3) is 0.667. The lowest BCUT2D eigenvalue weighted by atomic mass is 9.87. The summed E-state index contributed by atoms with van der Waals surface area (Å²) in [5.41, 5.74) is 1.04. The third-order valence-electron chi connectivity index (χ3n) is 4.13. The lowest BCUT2D eigenvalue weighted by Crippen LogP contribution is -2.38. The molecule has 0 aliphatic rings. The number of benzene rings is 1. The average molecular weight is 314 g/mol. The van der Waals surface area contributed by atoms with Crippen LogP contribution in [0.5, 0.6) is 0 Å². The fourth-order valence-corrected chi connectivity index (χ4v) is 3.06. The molecule has 0 spiro atoms. The van der Waals surface area contributed by atoms with Crippen molar-refractivity contribution in [1.82, 2.24) is 5.32 Å². The van der Waals surface area contributed by atoms with Gasteiger partial charge in [-0.15, -0.1) is 0 Å². The molecule has 2 unspecified atom stereocenters. The minimum Gasteiger partial charge on any atom is -0.313 e. The molecule has 1 rings (SSSR count). The Kier molecular flexibility index (Phi) is 8.94. The van der Waals surface area contributed by atoms with Gasteiger partial charge in [-0.25, -0.2) is 4.39 Å². The number of hydrogen-bond donors (Lipinski definition) is 1. The standard InChI is InChI=1S/C18H29ClFN/c1-4-7-8-14(6-3)18(21-11-5-2)12-15-9-10-16(20)13-17(15)19/h9-10,13-14,18,21H,4-8,11-12H2,1-3H3. The van der Waals surface area contributed by atoms with Crippen LogP contribution >= 0.6 is 11.6 Å². The topological polar surface area (TPSA) is 12.0 Å². The van der Waals surface area contributed by atoms with Gasteiger partial charge in [0, 0.05) is 11.1 Å². The Balaban J connectivity index is 2.79. The van der Waals surface area contributed by atoms with Crippen molar-refractivity contribution in [2.45, 2.75) is 65.3 Å². The van der Waals surface area contributed by atoms with Gasteiger partial charge in [0.2, 0.25) is 0 Å². The van der Waals surface area contributed by atoms with E-state index in [0.717, 1.165) is 24.9 Å². The first-order chi connectivity index (χ1) is 10.1. The smallest absolute Gasteiger partial charge is 0.124 e. The second-order valence-corrected chi connectivity index (χ2v) is 6.22. The third kappa shape index (κ3) is 6.36. The maximum absolute atomic E-state index is 13.2. The molecule has 0 aliphatic carbocycles. The van der Waals surface area contributed by atoms with Gasteiger partial charge in [-0.1, -0.05) is 57.7 Å². The molecule has 0 heterocycles. The van der Waals surface area contributed by atoms with E-state index >= 15 is 0 Å². The molecule has 120 valence electrons. The van der Waals surface area contributed by atoms with Crippen molar-refractivity contribution in [1.29, 1.82) is 0 Å². The van der Waals surface area contributed by atoms with E-state index in [9.17, 15) is 4.39 Å². The summed E-state index contributed by atoms with van der Waals surface area (Å²) < 4.78 is 13.2. The molecule has 3 heteroatoms. The molecule has 0 amide bonds. The van der Waals surface area contributed by atoms with E-state index < -0.39 is 0 Å². The first-order valence-corrected chi connectivity index (χ1v) is 8.67. The van der Waals surface area contributed by atoms with Gasteiger partial charge < -0.3 is 5.32 Å². The lowest BCUT2D eigenvalue weighted by molar-refractivity contribution is 0.315. The molecular weight excluding hydrogens is 285 g/mol. The molecule has 0 aliphatic heterocycles. The van der Waals surface area contributed by atoms with Crippen LogP contribution < -0.4 is 5.32 Å². The predicted molar refractivity (Wildman–Crippen MR) is 90.5 cm³/mol. The van der Waals surface area contributed by atoms with Gasteiger partial charge in [0.1, 0.15) is 5.82 Å². The quantitative estimate of drug-likeness (QED) is 0.592. The van der Waals surface area contributed by atoms with E-state index in [4.69, 9.17) is 11.6 Å². The molecule has 2 atom stereocenters. The van der Waals surface area contributed by atoms with Gasteiger partial charge in [0.05, 0.1) is 0 Å². The Morgan fingerprint density at radius 2 is 1.95 bits per heavy atom. The zero-order valence-corrected chi connectivity index (χ0v) is 14.3. The van der Waals surface area contributed by atoms with Crippen LogP contribution in [0, 0.1) is 11.7 Å². The molecule has 0 aromatic heterocycles. The first-order valence-electron chi connectivity index (χ1n) is 8.29. The van der Waals surface area contributed by atoms with E-state index in [-0.39, 0.29) is 5.82 Å². The molecular formula is C18H29ClFN. The van der Waals surface area contributed by atoms with Gasteiger partial charge in [-0.3, -0.25) is 0 Å². The minimum atomic E-state index is -0.264. The summed E-state index contributed by atoms with van der Waals surface area (Å²) >= 11 is 6.19. The number of nitrogens with one attached hydrogen (secondary N) is 1. The molecule has 1 aromatic rings. The van der Waals surface area contributed by atoms with Crippen molar-refractivity contribution >= 4 is 11.6 Å². The molecule has 0 saturated heterocycles. The number of unbranched alkanes of at least 4 members (excludes halogenated alkanes) is 1. The molecule has 0 bridgehead atoms. The Morgan fingerprint density at radius 3 is 2.52 bits per heavy atom. The van der Waals surface area contributed by atoms with Gasteiger partial charge >= 0.3 is 0 Å². The van der Waals surface area contributed by atoms with Crippen LogP contribution in [0.3, 0.4) is 0 Å². The SMILES string of the molecule is CCCCC(CC)C(Cc1ccc(F)cc1Cl)NCCC. The maximum atomic E-state index is 13.2. The largest absolute Gasteiger partial charge is 0.313 e. The zero-order valence-electron chi connectivity index (χ0n) is 13.6. The van der Waals surface area contributed by atoms with Crippen molar-refractivity contribution in [2.24, 2.45) is 5.92 Å². The molecule has 1 aromatic carbocycles. The normalized spacial score (nSPS) is 14.1. The average Bonchev–Trinajstić information content (AvgIpc) is 2.47. The van der Waals surface area contributed by atoms with Crippen molar-refractivity contribution < 1.29 is 4.39 Å². The number of rotatable bonds is 10. The monoisotopic (exact) mass is 313 g/mol. The van der Waals surface area contributed by atoms with E-state index in [2.05, 4.69) is 26.1 Å². The second kappa shape index (κ2) is 10.2. The summed E-state index contributed by atoms with van der Waals surface area (Å²) in [6.45, 7) is 7.69. The second-order valence-electron chi connectivity index (χ2n) is 5.81. The highest BCUT2D eigenvalue weighted by atomic mass is 35.5. The summed E-state index contributed by atoms with van der Waals surface area (Å²) in [6.07, 6.45) is 6.90. The van der Waals surface area contributed by atoms with E-state index in [1.165, 1.54) is 37.8 Å². The highest BCUT2D eigenvalue weighted by molar-refractivity contribution is 6.31. The predicted octanol–water partition coefficient (Wildman–Crippen LogP) is 5.61. The Hall–Kier alpha value is -0.600. The van der Waals surface area contributed by atoms with Crippen LogP contribution in [0.25, 0.3) is 0 Å². The highest BCUT2D eigenvalue weighted by Gasteiger charge is 2.20. The fourth-order valence-electron chi connectivity index (χ4n) is 2.82. The van der Waals surface area contributed by atoms with Gasteiger partial charge in [-0.2, -0.15) is 0 Å². The lowest BCUT2D eigenvalue weighted by Gasteiger charge is -2.28. The highest BCUT2D eigenvalue weighted by Crippen LogP contribution is 2.24. The van der Waals surface area contributed by atoms with Gasteiger partial charge in [-0.05, 0) is 49.4 Å². The molecule has 0 saturated carbocycles. The van der Waals surface area contributed by atoms with E-state index in [1.54, 1.807) is 0 Å². The number of halogens is 2. The molecule has 21 heavy (non-hydrogen) atoms. The molecule has 0 fully saturated rings. The van der Waals surface area contributed by atoms with Crippen molar-refractivity contribution in [3.8, 4) is 0 Å². The Bertz CT molecular complexity index is 408. The van der Waals surface area contributed by atoms with Crippen LogP contribution in [0.2, 0.25) is 5.02 Å². The third-order valence-corrected chi connectivity index (χ3v) is 4.49. The summed E-state index contributed by atoms with van der Waals surface area (Å²) in [6, 6.07) is 5.17. The summed E-state index contributed by atoms with van der Waals surface area (Å²) in [5.74, 6) is 0.387. The summed E-state index contributed by atoms with van der Waals surface area (Å²) in [5, 5.41) is 4.21. The minimum absolute atomic E-state index is 0.264. The number of hydrogen-bond acceptors (Lipinski definition) is 1. The maximum Gasteiger partial charge on any atom is 0.124 e. The summed E-state index contributed by atoms with van der Waals surface area (Å²) in [7, 11) is 0. The molecule has 1 nitrogen and oxygen atoms in total. The molecule has 0 radical (unpaired) electrons. The van der Waals surface area contributed by atoms with Crippen molar-refractivity contribution in [2.75, 3.05) is 6.54 Å².